The summed E-state index contributed by atoms with van der Waals surface area (Å²) in [5.74, 6) is -0.475. The highest BCUT2D eigenvalue weighted by atomic mass is 32.2. The number of carbonyl (C=O) groups is 1. The van der Waals surface area contributed by atoms with Gasteiger partial charge in [0.2, 0.25) is 15.9 Å². The first-order valence-corrected chi connectivity index (χ1v) is 10.4. The Morgan fingerprint density at radius 2 is 1.67 bits per heavy atom. The average molecular weight is 385 g/mol. The summed E-state index contributed by atoms with van der Waals surface area (Å²) in [5, 5.41) is 0. The van der Waals surface area contributed by atoms with Crippen LogP contribution in [0.25, 0.3) is 16.7 Å². The van der Waals surface area contributed by atoms with E-state index in [-0.39, 0.29) is 4.90 Å². The molecule has 1 amide bonds. The normalized spacial score (nSPS) is 14.9. The molecular weight excluding hydrogens is 360 g/mol. The van der Waals surface area contributed by atoms with Gasteiger partial charge in [-0.2, -0.15) is 0 Å². The molecule has 0 aromatic heterocycles. The molecule has 0 atom stereocenters. The highest BCUT2D eigenvalue weighted by Crippen LogP contribution is 2.34. The number of carbonyl (C=O) groups excluding carboxylic acids is 1. The van der Waals surface area contributed by atoms with Crippen molar-refractivity contribution in [1.82, 2.24) is 4.31 Å². The first-order valence-electron chi connectivity index (χ1n) is 8.97. The van der Waals surface area contributed by atoms with Gasteiger partial charge in [-0.05, 0) is 60.1 Å². The molecule has 0 bridgehead atoms. The molecule has 1 aliphatic rings. The van der Waals surface area contributed by atoms with Crippen LogP contribution in [-0.2, 0) is 10.0 Å². The van der Waals surface area contributed by atoms with Crippen LogP contribution in [-0.4, -0.2) is 32.7 Å². The fraction of sp³-hybridized carbons (Fsp3) is 0.286. The predicted molar refractivity (Wildman–Crippen MR) is 108 cm³/mol. The van der Waals surface area contributed by atoms with Crippen LogP contribution >= 0.6 is 0 Å². The molecule has 0 heterocycles. The van der Waals surface area contributed by atoms with Crippen LogP contribution in [0.2, 0.25) is 0 Å². The molecule has 0 fully saturated rings. The van der Waals surface area contributed by atoms with Gasteiger partial charge in [-0.15, -0.1) is 0 Å². The molecule has 2 aromatic carbocycles. The Balaban J connectivity index is 2.09. The molecule has 3 rings (SSSR count). The summed E-state index contributed by atoms with van der Waals surface area (Å²) in [6, 6.07) is 12.3. The zero-order valence-corrected chi connectivity index (χ0v) is 16.4. The molecule has 0 radical (unpaired) electrons. The van der Waals surface area contributed by atoms with Crippen LogP contribution in [0.3, 0.4) is 0 Å². The van der Waals surface area contributed by atoms with E-state index < -0.39 is 15.9 Å². The fourth-order valence-corrected chi connectivity index (χ4v) is 4.33. The number of rotatable bonds is 5. The molecule has 1 aliphatic carbocycles. The van der Waals surface area contributed by atoms with Crippen molar-refractivity contribution in [2.24, 2.45) is 5.73 Å². The van der Waals surface area contributed by atoms with E-state index >= 15 is 0 Å². The molecular formula is C21H24N2O3S. The number of hydrogen-bond donors (Lipinski definition) is 1. The zero-order valence-electron chi connectivity index (χ0n) is 15.6. The van der Waals surface area contributed by atoms with Gasteiger partial charge in [-0.3, -0.25) is 4.79 Å². The number of hydrogen-bond acceptors (Lipinski definition) is 3. The Bertz CT molecular complexity index is 991. The Morgan fingerprint density at radius 1 is 1.00 bits per heavy atom. The maximum Gasteiger partial charge on any atom is 0.249 e. The Hall–Kier alpha value is -2.44. The van der Waals surface area contributed by atoms with Crippen molar-refractivity contribution in [3.63, 3.8) is 0 Å². The van der Waals surface area contributed by atoms with E-state index in [1.165, 1.54) is 18.4 Å². The van der Waals surface area contributed by atoms with Crippen molar-refractivity contribution >= 4 is 21.5 Å². The summed E-state index contributed by atoms with van der Waals surface area (Å²) >= 11 is 0. The van der Waals surface area contributed by atoms with Crippen molar-refractivity contribution in [2.75, 3.05) is 14.1 Å². The summed E-state index contributed by atoms with van der Waals surface area (Å²) in [6.45, 7) is 0. The minimum absolute atomic E-state index is 0.211. The quantitative estimate of drug-likeness (QED) is 0.854. The first-order chi connectivity index (χ1) is 12.8. The molecule has 5 nitrogen and oxygen atoms in total. The minimum Gasteiger partial charge on any atom is -0.366 e. The van der Waals surface area contributed by atoms with E-state index in [1.54, 1.807) is 24.3 Å². The molecule has 2 aromatic rings. The Kier molecular flexibility index (Phi) is 5.48. The number of allylic oxidation sites excluding steroid dienone is 2. The van der Waals surface area contributed by atoms with Crippen LogP contribution in [0, 0.1) is 0 Å². The van der Waals surface area contributed by atoms with Crippen molar-refractivity contribution in [2.45, 2.75) is 30.6 Å². The molecule has 27 heavy (non-hydrogen) atoms. The van der Waals surface area contributed by atoms with Crippen molar-refractivity contribution in [1.29, 1.82) is 0 Å². The minimum atomic E-state index is -3.50. The number of sulfonamides is 1. The second-order valence-electron chi connectivity index (χ2n) is 6.88. The van der Waals surface area contributed by atoms with Gasteiger partial charge in [-0.1, -0.05) is 36.4 Å². The average Bonchev–Trinajstić information content (AvgIpc) is 2.68. The summed E-state index contributed by atoms with van der Waals surface area (Å²) < 4.78 is 25.7. The summed E-state index contributed by atoms with van der Waals surface area (Å²) in [4.78, 5) is 12.5. The van der Waals surface area contributed by atoms with E-state index in [9.17, 15) is 13.2 Å². The molecule has 0 saturated heterocycles. The fourth-order valence-electron chi connectivity index (χ4n) is 3.43. The summed E-state index contributed by atoms with van der Waals surface area (Å²) in [5.41, 5.74) is 9.75. The van der Waals surface area contributed by atoms with E-state index in [0.717, 1.165) is 47.9 Å². The number of benzene rings is 2. The summed E-state index contributed by atoms with van der Waals surface area (Å²) in [6.07, 6.45) is 6.39. The molecule has 2 N–H and O–H groups in total. The molecule has 6 heteroatoms. The van der Waals surface area contributed by atoms with Crippen molar-refractivity contribution in [3.8, 4) is 11.1 Å². The lowest BCUT2D eigenvalue weighted by Gasteiger charge is -2.18. The van der Waals surface area contributed by atoms with Crippen LogP contribution in [0.5, 0.6) is 0 Å². The van der Waals surface area contributed by atoms with E-state index in [2.05, 4.69) is 6.08 Å². The number of nitrogens with zero attached hydrogens (tertiary/aromatic N) is 1. The number of nitrogens with two attached hydrogens (primary N) is 1. The Labute approximate surface area is 160 Å². The second-order valence-corrected chi connectivity index (χ2v) is 9.03. The zero-order chi connectivity index (χ0) is 19.6. The molecule has 0 spiro atoms. The van der Waals surface area contributed by atoms with Gasteiger partial charge in [0.05, 0.1) is 10.5 Å². The van der Waals surface area contributed by atoms with E-state index in [1.807, 2.05) is 18.2 Å². The SMILES string of the molecule is CN(C)S(=O)(=O)c1ccc(-c2cccc(C3=CCCCC3)c2C(N)=O)cc1. The van der Waals surface area contributed by atoms with Crippen LogP contribution in [0.15, 0.2) is 53.4 Å². The molecule has 0 unspecified atom stereocenters. The lowest BCUT2D eigenvalue weighted by molar-refractivity contribution is 0.100. The number of primary amides is 1. The monoisotopic (exact) mass is 384 g/mol. The smallest absolute Gasteiger partial charge is 0.249 e. The van der Waals surface area contributed by atoms with Gasteiger partial charge in [0, 0.05) is 14.1 Å². The third-order valence-corrected chi connectivity index (χ3v) is 6.72. The Morgan fingerprint density at radius 3 is 2.22 bits per heavy atom. The van der Waals surface area contributed by atoms with E-state index in [4.69, 9.17) is 5.73 Å². The lowest BCUT2D eigenvalue weighted by Crippen LogP contribution is -2.22. The third kappa shape index (κ3) is 3.82. The van der Waals surface area contributed by atoms with Gasteiger partial charge in [0.15, 0.2) is 0 Å². The highest BCUT2D eigenvalue weighted by molar-refractivity contribution is 7.89. The van der Waals surface area contributed by atoms with Crippen molar-refractivity contribution in [3.05, 3.63) is 59.7 Å². The number of amides is 1. The highest BCUT2D eigenvalue weighted by Gasteiger charge is 2.20. The molecule has 0 aliphatic heterocycles. The van der Waals surface area contributed by atoms with Gasteiger partial charge in [0.25, 0.3) is 0 Å². The standard InChI is InChI=1S/C21H24N2O3S/c1-23(2)27(25,26)17-13-11-16(12-14-17)19-10-6-9-18(20(19)21(22)24)15-7-4-3-5-8-15/h6-7,9-14H,3-5,8H2,1-2H3,(H2,22,24). The van der Waals surface area contributed by atoms with Crippen LogP contribution in [0.1, 0.15) is 41.6 Å². The molecule has 0 saturated carbocycles. The van der Waals surface area contributed by atoms with E-state index in [0.29, 0.717) is 5.56 Å². The lowest BCUT2D eigenvalue weighted by atomic mass is 9.87. The maximum absolute atomic E-state index is 12.3. The summed E-state index contributed by atoms with van der Waals surface area (Å²) in [7, 11) is -0.503. The maximum atomic E-state index is 12.3. The second kappa shape index (κ2) is 7.66. The van der Waals surface area contributed by atoms with Crippen LogP contribution in [0.4, 0.5) is 0 Å². The van der Waals surface area contributed by atoms with Gasteiger partial charge in [0.1, 0.15) is 0 Å². The topological polar surface area (TPSA) is 80.5 Å². The molecule has 142 valence electrons. The van der Waals surface area contributed by atoms with Crippen LogP contribution < -0.4 is 5.73 Å². The van der Waals surface area contributed by atoms with Gasteiger partial charge < -0.3 is 5.73 Å². The first kappa shape index (κ1) is 19.3. The largest absolute Gasteiger partial charge is 0.366 e. The van der Waals surface area contributed by atoms with Crippen molar-refractivity contribution < 1.29 is 13.2 Å². The predicted octanol–water partition coefficient (Wildman–Crippen LogP) is 3.66. The third-order valence-electron chi connectivity index (χ3n) is 4.89. The van der Waals surface area contributed by atoms with Gasteiger partial charge in [-0.25, -0.2) is 12.7 Å². The van der Waals surface area contributed by atoms with Gasteiger partial charge >= 0.3 is 0 Å².